The molecule has 1 fully saturated rings. The van der Waals surface area contributed by atoms with Crippen molar-refractivity contribution in [2.75, 3.05) is 27.2 Å². The Kier molecular flexibility index (Phi) is 4.38. The van der Waals surface area contributed by atoms with Gasteiger partial charge in [0.15, 0.2) is 0 Å². The van der Waals surface area contributed by atoms with E-state index in [9.17, 15) is 4.79 Å². The summed E-state index contributed by atoms with van der Waals surface area (Å²) in [5.74, 6) is 1.82. The highest BCUT2D eigenvalue weighted by Crippen LogP contribution is 2.26. The topological polar surface area (TPSA) is 78.0 Å². The van der Waals surface area contributed by atoms with Crippen LogP contribution >= 0.6 is 0 Å². The molecule has 2 aromatic rings. The van der Waals surface area contributed by atoms with Crippen LogP contribution in [0.5, 0.6) is 0 Å². The van der Waals surface area contributed by atoms with E-state index in [1.54, 1.807) is 19.2 Å². The van der Waals surface area contributed by atoms with Crippen molar-refractivity contribution < 1.29 is 4.79 Å². The van der Waals surface area contributed by atoms with Gasteiger partial charge in [-0.25, -0.2) is 15.0 Å². The number of rotatable bonds is 4. The van der Waals surface area contributed by atoms with Crippen LogP contribution in [0.15, 0.2) is 18.5 Å². The van der Waals surface area contributed by atoms with Gasteiger partial charge in [-0.3, -0.25) is 4.79 Å². The van der Waals surface area contributed by atoms with Crippen molar-refractivity contribution in [3.8, 4) is 0 Å². The summed E-state index contributed by atoms with van der Waals surface area (Å²) in [4.78, 5) is 32.6. The van der Waals surface area contributed by atoms with Crippen LogP contribution in [0, 0.1) is 6.92 Å². The zero-order chi connectivity index (χ0) is 16.4. The van der Waals surface area contributed by atoms with Crippen molar-refractivity contribution >= 4 is 5.91 Å². The first kappa shape index (κ1) is 15.6. The number of nitrogens with zero attached hydrogens (tertiary/aromatic N) is 5. The number of likely N-dealkylation sites (tertiary alicyclic amines) is 1. The van der Waals surface area contributed by atoms with E-state index in [2.05, 4.69) is 24.8 Å². The van der Waals surface area contributed by atoms with Crippen LogP contribution in [0.1, 0.15) is 40.2 Å². The van der Waals surface area contributed by atoms with Gasteiger partial charge in [-0.1, -0.05) is 0 Å². The van der Waals surface area contributed by atoms with Crippen LogP contribution in [0.4, 0.5) is 0 Å². The predicted molar refractivity (Wildman–Crippen MR) is 86.0 cm³/mol. The Hall–Kier alpha value is -2.28. The second-order valence-electron chi connectivity index (χ2n) is 6.26. The van der Waals surface area contributed by atoms with Crippen LogP contribution < -0.4 is 0 Å². The molecule has 1 atom stereocenters. The van der Waals surface area contributed by atoms with Crippen molar-refractivity contribution in [2.45, 2.75) is 25.8 Å². The molecule has 0 aromatic carbocycles. The molecule has 122 valence electrons. The minimum Gasteiger partial charge on any atom is -0.345 e. The number of aromatic nitrogens is 4. The Morgan fingerprint density at radius 1 is 1.43 bits per heavy atom. The van der Waals surface area contributed by atoms with Gasteiger partial charge in [0, 0.05) is 43.6 Å². The lowest BCUT2D eigenvalue weighted by molar-refractivity contribution is 0.0784. The number of carbonyl (C=O) groups is 1. The van der Waals surface area contributed by atoms with Crippen molar-refractivity contribution in [2.24, 2.45) is 0 Å². The lowest BCUT2D eigenvalue weighted by atomic mass is 10.1. The third-order valence-electron chi connectivity index (χ3n) is 3.99. The molecule has 3 rings (SSSR count). The largest absolute Gasteiger partial charge is 0.345 e. The van der Waals surface area contributed by atoms with Crippen molar-refractivity contribution in [1.82, 2.24) is 29.7 Å². The third-order valence-corrected chi connectivity index (χ3v) is 3.99. The number of H-pyrrole nitrogens is 1. The van der Waals surface area contributed by atoms with E-state index in [-0.39, 0.29) is 11.8 Å². The molecule has 1 saturated heterocycles. The predicted octanol–water partition coefficient (Wildman–Crippen LogP) is 1.20. The summed E-state index contributed by atoms with van der Waals surface area (Å²) in [7, 11) is 4.06. The number of imidazole rings is 1. The molecule has 0 aliphatic carbocycles. The van der Waals surface area contributed by atoms with Gasteiger partial charge in [0.1, 0.15) is 17.3 Å². The lowest BCUT2D eigenvalue weighted by Crippen LogP contribution is -2.29. The number of carbonyl (C=O) groups excluding carboxylic acids is 1. The molecule has 1 aliphatic heterocycles. The van der Waals surface area contributed by atoms with Gasteiger partial charge in [0.2, 0.25) is 0 Å². The summed E-state index contributed by atoms with van der Waals surface area (Å²) in [5, 5.41) is 0. The molecular weight excluding hydrogens is 292 g/mol. The fourth-order valence-electron chi connectivity index (χ4n) is 2.91. The molecule has 1 N–H and O–H groups in total. The lowest BCUT2D eigenvalue weighted by Gasteiger charge is -2.15. The molecule has 7 nitrogen and oxygen atoms in total. The average molecular weight is 314 g/mol. The Labute approximate surface area is 135 Å². The van der Waals surface area contributed by atoms with Crippen molar-refractivity contribution in [3.63, 3.8) is 0 Å². The number of amides is 1. The summed E-state index contributed by atoms with van der Waals surface area (Å²) >= 11 is 0. The molecule has 0 radical (unpaired) electrons. The summed E-state index contributed by atoms with van der Waals surface area (Å²) in [6, 6.07) is 1.67. The van der Waals surface area contributed by atoms with Gasteiger partial charge in [-0.2, -0.15) is 0 Å². The van der Waals surface area contributed by atoms with Gasteiger partial charge in [0.05, 0.1) is 0 Å². The fraction of sp³-hybridized carbons (Fsp3) is 0.500. The molecule has 7 heteroatoms. The Bertz CT molecular complexity index is 695. The summed E-state index contributed by atoms with van der Waals surface area (Å²) in [6.07, 6.45) is 4.43. The first-order valence-corrected chi connectivity index (χ1v) is 7.80. The van der Waals surface area contributed by atoms with Crippen LogP contribution in [0.3, 0.4) is 0 Å². The Balaban J connectivity index is 1.66. The standard InChI is InChI=1S/C16H22N6O/c1-11-17-6-4-14(19-11)16(23)22-7-5-12(9-22)15-18-8-13(20-15)10-21(2)3/h4,6,8,12H,5,7,9-10H2,1-3H3,(H,18,20)/t12-/m0/s1. The second-order valence-corrected chi connectivity index (χ2v) is 6.26. The van der Waals surface area contributed by atoms with E-state index in [1.165, 1.54) is 0 Å². The second kappa shape index (κ2) is 6.45. The molecule has 0 spiro atoms. The zero-order valence-corrected chi connectivity index (χ0v) is 13.8. The zero-order valence-electron chi connectivity index (χ0n) is 13.8. The maximum atomic E-state index is 12.5. The highest BCUT2D eigenvalue weighted by molar-refractivity contribution is 5.92. The first-order chi connectivity index (χ1) is 11.0. The van der Waals surface area contributed by atoms with E-state index in [1.807, 2.05) is 25.2 Å². The van der Waals surface area contributed by atoms with Gasteiger partial charge in [-0.15, -0.1) is 0 Å². The Morgan fingerprint density at radius 2 is 2.26 bits per heavy atom. The molecular formula is C16H22N6O. The van der Waals surface area contributed by atoms with E-state index < -0.39 is 0 Å². The number of aromatic amines is 1. The maximum Gasteiger partial charge on any atom is 0.272 e. The van der Waals surface area contributed by atoms with Crippen LogP contribution in [0.2, 0.25) is 0 Å². The Morgan fingerprint density at radius 3 is 3.00 bits per heavy atom. The normalized spacial score (nSPS) is 17.9. The molecule has 3 heterocycles. The molecule has 0 saturated carbocycles. The minimum absolute atomic E-state index is 0.0296. The van der Waals surface area contributed by atoms with Crippen molar-refractivity contribution in [1.29, 1.82) is 0 Å². The third kappa shape index (κ3) is 3.56. The summed E-state index contributed by atoms with van der Waals surface area (Å²) < 4.78 is 0. The number of hydrogen-bond acceptors (Lipinski definition) is 5. The van der Waals surface area contributed by atoms with E-state index in [0.717, 1.165) is 31.0 Å². The number of nitrogens with one attached hydrogen (secondary N) is 1. The smallest absolute Gasteiger partial charge is 0.272 e. The van der Waals surface area contributed by atoms with E-state index in [4.69, 9.17) is 0 Å². The SMILES string of the molecule is Cc1nccc(C(=O)N2CC[C@H](c3ncc(CN(C)C)[nH]3)C2)n1. The molecule has 1 amide bonds. The molecule has 1 aliphatic rings. The van der Waals surface area contributed by atoms with Crippen LogP contribution in [0.25, 0.3) is 0 Å². The number of aryl methyl sites for hydroxylation is 1. The molecule has 0 bridgehead atoms. The summed E-state index contributed by atoms with van der Waals surface area (Å²) in [6.45, 7) is 4.04. The van der Waals surface area contributed by atoms with Gasteiger partial charge < -0.3 is 14.8 Å². The van der Waals surface area contributed by atoms with E-state index >= 15 is 0 Å². The van der Waals surface area contributed by atoms with E-state index in [0.29, 0.717) is 18.1 Å². The minimum atomic E-state index is -0.0296. The fourth-order valence-corrected chi connectivity index (χ4v) is 2.91. The first-order valence-electron chi connectivity index (χ1n) is 7.80. The monoisotopic (exact) mass is 314 g/mol. The molecule has 2 aromatic heterocycles. The van der Waals surface area contributed by atoms with Gasteiger partial charge >= 0.3 is 0 Å². The summed E-state index contributed by atoms with van der Waals surface area (Å²) in [5.41, 5.74) is 1.56. The van der Waals surface area contributed by atoms with Gasteiger partial charge in [-0.05, 0) is 33.5 Å². The number of hydrogen-bond donors (Lipinski definition) is 1. The highest BCUT2D eigenvalue weighted by Gasteiger charge is 2.30. The molecule has 0 unspecified atom stereocenters. The van der Waals surface area contributed by atoms with Crippen molar-refractivity contribution in [3.05, 3.63) is 41.5 Å². The maximum absolute atomic E-state index is 12.5. The molecule has 23 heavy (non-hydrogen) atoms. The van der Waals surface area contributed by atoms with Gasteiger partial charge in [0.25, 0.3) is 5.91 Å². The average Bonchev–Trinajstić information content (AvgIpc) is 3.14. The quantitative estimate of drug-likeness (QED) is 0.917. The van der Waals surface area contributed by atoms with Crippen LogP contribution in [-0.2, 0) is 6.54 Å². The van der Waals surface area contributed by atoms with Crippen LogP contribution in [-0.4, -0.2) is 62.8 Å². The highest BCUT2D eigenvalue weighted by atomic mass is 16.2.